The van der Waals surface area contributed by atoms with Crippen molar-refractivity contribution in [3.63, 3.8) is 0 Å². The molecule has 0 saturated heterocycles. The molecule has 1 N–H and O–H groups in total. The second-order valence-corrected chi connectivity index (χ2v) is 5.07. The average Bonchev–Trinajstić information content (AvgIpc) is 2.18. The summed E-state index contributed by atoms with van der Waals surface area (Å²) >= 11 is 0. The van der Waals surface area contributed by atoms with E-state index in [4.69, 9.17) is 0 Å². The van der Waals surface area contributed by atoms with Gasteiger partial charge in [0.15, 0.2) is 0 Å². The number of hydrogen-bond donors (Lipinski definition) is 1. The topological polar surface area (TPSA) is 20.2 Å². The van der Waals surface area contributed by atoms with Gasteiger partial charge in [0.1, 0.15) is 0 Å². The summed E-state index contributed by atoms with van der Waals surface area (Å²) in [5.41, 5.74) is 0.384. The van der Waals surface area contributed by atoms with Gasteiger partial charge in [0.05, 0.1) is 5.60 Å². The van der Waals surface area contributed by atoms with Crippen LogP contribution < -0.4 is 0 Å². The smallest absolute Gasteiger partial charge is 0.0673 e. The zero-order valence-corrected chi connectivity index (χ0v) is 9.96. The first-order chi connectivity index (χ1) is 6.89. The lowest BCUT2D eigenvalue weighted by Gasteiger charge is -2.39. The van der Waals surface area contributed by atoms with Crippen molar-refractivity contribution >= 4 is 0 Å². The van der Waals surface area contributed by atoms with Gasteiger partial charge >= 0.3 is 0 Å². The van der Waals surface area contributed by atoms with Crippen LogP contribution in [0.5, 0.6) is 0 Å². The van der Waals surface area contributed by atoms with Crippen molar-refractivity contribution in [3.8, 4) is 0 Å². The standard InChI is InChI=1S/C14H21O/c1-5-14(4,15)13(2,3)11-12-9-7-6-8-10-12/h6-10,15H,1,5,11H2,2-4H3. The van der Waals surface area contributed by atoms with Crippen LogP contribution in [0.25, 0.3) is 0 Å². The van der Waals surface area contributed by atoms with Gasteiger partial charge in [-0.3, -0.25) is 0 Å². The zero-order chi connectivity index (χ0) is 11.5. The summed E-state index contributed by atoms with van der Waals surface area (Å²) in [4.78, 5) is 0. The Morgan fingerprint density at radius 1 is 1.13 bits per heavy atom. The Bertz CT molecular complexity index is 298. The Labute approximate surface area is 93.1 Å². The predicted molar refractivity (Wildman–Crippen MR) is 64.5 cm³/mol. The van der Waals surface area contributed by atoms with Crippen molar-refractivity contribution in [2.45, 2.75) is 39.2 Å². The Kier molecular flexibility index (Phi) is 3.56. The number of hydrogen-bond acceptors (Lipinski definition) is 1. The van der Waals surface area contributed by atoms with E-state index in [0.29, 0.717) is 6.42 Å². The third-order valence-electron chi connectivity index (χ3n) is 3.43. The van der Waals surface area contributed by atoms with E-state index in [2.05, 4.69) is 32.9 Å². The van der Waals surface area contributed by atoms with Crippen LogP contribution in [0.1, 0.15) is 32.8 Å². The van der Waals surface area contributed by atoms with Crippen LogP contribution in [-0.4, -0.2) is 10.7 Å². The van der Waals surface area contributed by atoms with E-state index >= 15 is 0 Å². The molecule has 1 nitrogen and oxygen atoms in total. The van der Waals surface area contributed by atoms with E-state index in [1.165, 1.54) is 5.56 Å². The molecule has 0 fully saturated rings. The largest absolute Gasteiger partial charge is 0.390 e. The molecule has 0 bridgehead atoms. The summed E-state index contributed by atoms with van der Waals surface area (Å²) in [7, 11) is 0. The van der Waals surface area contributed by atoms with Gasteiger partial charge in [-0.25, -0.2) is 0 Å². The Morgan fingerprint density at radius 3 is 2.13 bits per heavy atom. The molecule has 0 aliphatic heterocycles. The fraction of sp³-hybridized carbons (Fsp3) is 0.500. The van der Waals surface area contributed by atoms with Crippen LogP contribution in [0.3, 0.4) is 0 Å². The van der Waals surface area contributed by atoms with Crippen molar-refractivity contribution in [2.24, 2.45) is 5.41 Å². The van der Waals surface area contributed by atoms with E-state index in [1.54, 1.807) is 0 Å². The molecule has 0 aromatic heterocycles. The SMILES string of the molecule is [CH2]CC(C)(O)C(C)(C)Cc1ccccc1. The molecule has 15 heavy (non-hydrogen) atoms. The van der Waals surface area contributed by atoms with Gasteiger partial charge in [-0.15, -0.1) is 0 Å². The lowest BCUT2D eigenvalue weighted by atomic mass is 9.71. The molecule has 0 aliphatic carbocycles. The molecule has 1 aromatic carbocycles. The molecular formula is C14H21O. The molecule has 0 saturated carbocycles. The number of benzene rings is 1. The van der Waals surface area contributed by atoms with E-state index in [-0.39, 0.29) is 5.41 Å². The highest BCUT2D eigenvalue weighted by molar-refractivity contribution is 5.17. The Balaban J connectivity index is 2.81. The van der Waals surface area contributed by atoms with E-state index in [1.807, 2.05) is 25.1 Å². The monoisotopic (exact) mass is 205 g/mol. The van der Waals surface area contributed by atoms with Crippen molar-refractivity contribution in [3.05, 3.63) is 42.8 Å². The molecule has 0 spiro atoms. The Morgan fingerprint density at radius 2 is 1.67 bits per heavy atom. The predicted octanol–water partition coefficient (Wildman–Crippen LogP) is 3.23. The number of rotatable bonds is 4. The van der Waals surface area contributed by atoms with Crippen molar-refractivity contribution < 1.29 is 5.11 Å². The fourth-order valence-corrected chi connectivity index (χ4v) is 1.63. The summed E-state index contributed by atoms with van der Waals surface area (Å²) in [5, 5.41) is 10.2. The van der Waals surface area contributed by atoms with Crippen LogP contribution in [0.15, 0.2) is 30.3 Å². The van der Waals surface area contributed by atoms with Crippen molar-refractivity contribution in [1.29, 1.82) is 0 Å². The molecule has 1 heteroatoms. The van der Waals surface area contributed by atoms with Gasteiger partial charge in [-0.1, -0.05) is 51.1 Å². The fourth-order valence-electron chi connectivity index (χ4n) is 1.63. The zero-order valence-electron chi connectivity index (χ0n) is 9.96. The van der Waals surface area contributed by atoms with E-state index in [9.17, 15) is 5.11 Å². The van der Waals surface area contributed by atoms with Gasteiger partial charge in [-0.05, 0) is 30.7 Å². The first-order valence-corrected chi connectivity index (χ1v) is 5.44. The highest BCUT2D eigenvalue weighted by Gasteiger charge is 2.37. The first kappa shape index (κ1) is 12.3. The quantitative estimate of drug-likeness (QED) is 0.800. The molecule has 1 unspecified atom stereocenters. The lowest BCUT2D eigenvalue weighted by molar-refractivity contribution is -0.0489. The summed E-state index contributed by atoms with van der Waals surface area (Å²) in [6.07, 6.45) is 1.41. The third kappa shape index (κ3) is 2.82. The lowest BCUT2D eigenvalue weighted by Crippen LogP contribution is -2.42. The summed E-state index contributed by atoms with van der Waals surface area (Å²) in [6, 6.07) is 10.3. The van der Waals surface area contributed by atoms with Crippen LogP contribution in [0.4, 0.5) is 0 Å². The molecule has 83 valence electrons. The minimum atomic E-state index is -0.719. The van der Waals surface area contributed by atoms with Gasteiger partial charge in [0, 0.05) is 0 Å². The van der Waals surface area contributed by atoms with Gasteiger partial charge < -0.3 is 5.11 Å². The van der Waals surface area contributed by atoms with Crippen LogP contribution >= 0.6 is 0 Å². The molecular weight excluding hydrogens is 184 g/mol. The van der Waals surface area contributed by atoms with E-state index in [0.717, 1.165) is 6.42 Å². The maximum atomic E-state index is 10.2. The highest BCUT2D eigenvalue weighted by Crippen LogP contribution is 2.36. The minimum absolute atomic E-state index is 0.157. The van der Waals surface area contributed by atoms with Crippen molar-refractivity contribution in [1.82, 2.24) is 0 Å². The summed E-state index contributed by atoms with van der Waals surface area (Å²) < 4.78 is 0. The highest BCUT2D eigenvalue weighted by atomic mass is 16.3. The first-order valence-electron chi connectivity index (χ1n) is 5.44. The van der Waals surface area contributed by atoms with Crippen molar-refractivity contribution in [2.75, 3.05) is 0 Å². The molecule has 1 aromatic rings. The van der Waals surface area contributed by atoms with Gasteiger partial charge in [0.2, 0.25) is 0 Å². The average molecular weight is 205 g/mol. The summed E-state index contributed by atoms with van der Waals surface area (Å²) in [6.45, 7) is 9.86. The van der Waals surface area contributed by atoms with Gasteiger partial charge in [-0.2, -0.15) is 0 Å². The van der Waals surface area contributed by atoms with Crippen LogP contribution in [0, 0.1) is 12.3 Å². The molecule has 1 rings (SSSR count). The normalized spacial score (nSPS) is 16.1. The van der Waals surface area contributed by atoms with E-state index < -0.39 is 5.60 Å². The summed E-state index contributed by atoms with van der Waals surface area (Å²) in [5.74, 6) is 0. The molecule has 0 heterocycles. The molecule has 1 atom stereocenters. The maximum absolute atomic E-state index is 10.2. The number of aliphatic hydroxyl groups is 1. The third-order valence-corrected chi connectivity index (χ3v) is 3.43. The molecule has 0 amide bonds. The Hall–Kier alpha value is -0.820. The minimum Gasteiger partial charge on any atom is -0.390 e. The molecule has 0 aliphatic rings. The van der Waals surface area contributed by atoms with Gasteiger partial charge in [0.25, 0.3) is 0 Å². The van der Waals surface area contributed by atoms with Crippen LogP contribution in [0.2, 0.25) is 0 Å². The second-order valence-electron chi connectivity index (χ2n) is 5.07. The maximum Gasteiger partial charge on any atom is 0.0673 e. The molecule has 1 radical (unpaired) electrons. The van der Waals surface area contributed by atoms with Crippen LogP contribution in [-0.2, 0) is 6.42 Å². The second kappa shape index (κ2) is 4.36.